The lowest BCUT2D eigenvalue weighted by molar-refractivity contribution is -0.131. The summed E-state index contributed by atoms with van der Waals surface area (Å²) in [6, 6.07) is 0.942. The van der Waals surface area contributed by atoms with Crippen LogP contribution in [0.3, 0.4) is 0 Å². The first-order valence-corrected chi connectivity index (χ1v) is 8.17. The van der Waals surface area contributed by atoms with Crippen LogP contribution in [-0.4, -0.2) is 45.5 Å². The summed E-state index contributed by atoms with van der Waals surface area (Å²) in [5.74, 6) is 1.43. The van der Waals surface area contributed by atoms with Crippen molar-refractivity contribution < 1.29 is 4.79 Å². The quantitative estimate of drug-likeness (QED) is 0.870. The number of imidazole rings is 1. The van der Waals surface area contributed by atoms with E-state index in [1.165, 1.54) is 0 Å². The van der Waals surface area contributed by atoms with Crippen LogP contribution >= 0.6 is 0 Å². The van der Waals surface area contributed by atoms with Gasteiger partial charge in [-0.2, -0.15) is 0 Å². The Morgan fingerprint density at radius 1 is 1.43 bits per heavy atom. The van der Waals surface area contributed by atoms with Crippen molar-refractivity contribution in [2.75, 3.05) is 13.1 Å². The van der Waals surface area contributed by atoms with E-state index in [1.807, 2.05) is 18.0 Å². The van der Waals surface area contributed by atoms with Gasteiger partial charge in [0.25, 0.3) is 0 Å². The maximum atomic E-state index is 11.7. The minimum atomic E-state index is 0.285. The molecule has 2 heterocycles. The van der Waals surface area contributed by atoms with Crippen molar-refractivity contribution in [1.29, 1.82) is 0 Å². The molecule has 0 saturated carbocycles. The van der Waals surface area contributed by atoms with Crippen LogP contribution in [0, 0.1) is 0 Å². The topological polar surface area (TPSA) is 50.2 Å². The van der Waals surface area contributed by atoms with Crippen molar-refractivity contribution in [3.8, 4) is 0 Å². The number of piperidine rings is 1. The second-order valence-corrected chi connectivity index (χ2v) is 5.93. The lowest BCUT2D eigenvalue weighted by atomic mass is 10.0. The molecule has 0 bridgehead atoms. The highest BCUT2D eigenvalue weighted by atomic mass is 16.2. The number of nitrogens with one attached hydrogen (secondary N) is 1. The summed E-state index contributed by atoms with van der Waals surface area (Å²) in [6.07, 6.45) is 7.63. The van der Waals surface area contributed by atoms with E-state index >= 15 is 0 Å². The molecular formula is C16H28N4O. The van der Waals surface area contributed by atoms with Gasteiger partial charge in [-0.05, 0) is 19.8 Å². The van der Waals surface area contributed by atoms with Gasteiger partial charge in [0, 0.05) is 57.0 Å². The number of rotatable bonds is 6. The molecule has 1 aliphatic rings. The van der Waals surface area contributed by atoms with Gasteiger partial charge in [-0.1, -0.05) is 13.8 Å². The molecule has 118 valence electrons. The summed E-state index contributed by atoms with van der Waals surface area (Å²) in [7, 11) is 0. The van der Waals surface area contributed by atoms with Crippen LogP contribution in [0.2, 0.25) is 0 Å². The molecule has 0 spiro atoms. The molecule has 1 N–H and O–H groups in total. The highest BCUT2D eigenvalue weighted by molar-refractivity contribution is 5.75. The summed E-state index contributed by atoms with van der Waals surface area (Å²) >= 11 is 0. The molecule has 0 radical (unpaired) electrons. The Morgan fingerprint density at radius 3 is 2.76 bits per heavy atom. The third-order valence-corrected chi connectivity index (χ3v) is 4.26. The van der Waals surface area contributed by atoms with Crippen molar-refractivity contribution in [3.63, 3.8) is 0 Å². The van der Waals surface area contributed by atoms with E-state index in [4.69, 9.17) is 0 Å². The average molecular weight is 292 g/mol. The summed E-state index contributed by atoms with van der Waals surface area (Å²) in [5.41, 5.74) is 0. The van der Waals surface area contributed by atoms with E-state index in [9.17, 15) is 4.79 Å². The van der Waals surface area contributed by atoms with Crippen LogP contribution < -0.4 is 5.32 Å². The van der Waals surface area contributed by atoms with Gasteiger partial charge >= 0.3 is 0 Å². The van der Waals surface area contributed by atoms with Crippen molar-refractivity contribution in [1.82, 2.24) is 19.8 Å². The Bertz CT molecular complexity index is 449. The molecule has 5 nitrogen and oxygen atoms in total. The van der Waals surface area contributed by atoms with Crippen LogP contribution in [0.15, 0.2) is 12.4 Å². The minimum absolute atomic E-state index is 0.285. The lowest BCUT2D eigenvalue weighted by Gasteiger charge is -2.34. The number of hydrogen-bond acceptors (Lipinski definition) is 3. The minimum Gasteiger partial charge on any atom is -0.343 e. The molecule has 0 aliphatic carbocycles. The van der Waals surface area contributed by atoms with E-state index in [0.717, 1.165) is 44.7 Å². The standard InChI is InChI=1S/C16H28N4O/c1-4-15-17-8-11-20(15)12-13(3)18-14-6-9-19(10-7-14)16(21)5-2/h8,11,13-14,18H,4-7,9-10,12H2,1-3H3/t13-/m0/s1. The molecule has 21 heavy (non-hydrogen) atoms. The lowest BCUT2D eigenvalue weighted by Crippen LogP contribution is -2.47. The molecule has 1 atom stereocenters. The zero-order valence-electron chi connectivity index (χ0n) is 13.5. The summed E-state index contributed by atoms with van der Waals surface area (Å²) in [6.45, 7) is 9.04. The van der Waals surface area contributed by atoms with Gasteiger partial charge in [0.05, 0.1) is 0 Å². The molecule has 1 amide bonds. The van der Waals surface area contributed by atoms with Gasteiger partial charge in [-0.25, -0.2) is 4.98 Å². The van der Waals surface area contributed by atoms with Gasteiger partial charge in [-0.15, -0.1) is 0 Å². The number of aromatic nitrogens is 2. The molecule has 2 rings (SSSR count). The molecule has 0 aromatic carbocycles. The van der Waals surface area contributed by atoms with Crippen LogP contribution in [0.1, 0.15) is 45.9 Å². The smallest absolute Gasteiger partial charge is 0.222 e. The third-order valence-electron chi connectivity index (χ3n) is 4.26. The van der Waals surface area contributed by atoms with Crippen LogP contribution in [0.4, 0.5) is 0 Å². The molecule has 0 unspecified atom stereocenters. The molecule has 1 aromatic rings. The number of aryl methyl sites for hydroxylation is 1. The molecule has 5 heteroatoms. The summed E-state index contributed by atoms with van der Waals surface area (Å²) < 4.78 is 2.23. The molecule has 1 aromatic heterocycles. The van der Waals surface area contributed by atoms with E-state index in [0.29, 0.717) is 18.5 Å². The molecule has 1 saturated heterocycles. The Morgan fingerprint density at radius 2 is 2.14 bits per heavy atom. The van der Waals surface area contributed by atoms with Crippen LogP contribution in [0.5, 0.6) is 0 Å². The fourth-order valence-electron chi connectivity index (χ4n) is 3.09. The molecule has 1 fully saturated rings. The Hall–Kier alpha value is -1.36. The maximum absolute atomic E-state index is 11.7. The van der Waals surface area contributed by atoms with Gasteiger partial charge in [0.1, 0.15) is 5.82 Å². The zero-order valence-corrected chi connectivity index (χ0v) is 13.5. The van der Waals surface area contributed by atoms with Gasteiger partial charge in [0.15, 0.2) is 0 Å². The van der Waals surface area contributed by atoms with Crippen LogP contribution in [-0.2, 0) is 17.8 Å². The fraction of sp³-hybridized carbons (Fsp3) is 0.750. The second kappa shape index (κ2) is 7.59. The van der Waals surface area contributed by atoms with Crippen LogP contribution in [0.25, 0.3) is 0 Å². The Kier molecular flexibility index (Phi) is 5.79. The zero-order chi connectivity index (χ0) is 15.2. The molecular weight excluding hydrogens is 264 g/mol. The SMILES string of the molecule is CCC(=O)N1CCC(N[C@@H](C)Cn2ccnc2CC)CC1. The summed E-state index contributed by atoms with van der Waals surface area (Å²) in [4.78, 5) is 18.0. The number of carbonyl (C=O) groups is 1. The number of hydrogen-bond donors (Lipinski definition) is 1. The first kappa shape index (κ1) is 16.0. The normalized spacial score (nSPS) is 18.0. The number of amides is 1. The van der Waals surface area contributed by atoms with E-state index in [2.05, 4.69) is 34.9 Å². The largest absolute Gasteiger partial charge is 0.343 e. The van der Waals surface area contributed by atoms with Gasteiger partial charge < -0.3 is 14.8 Å². The van der Waals surface area contributed by atoms with Crippen molar-refractivity contribution in [3.05, 3.63) is 18.2 Å². The van der Waals surface area contributed by atoms with E-state index in [-0.39, 0.29) is 5.91 Å². The third kappa shape index (κ3) is 4.30. The van der Waals surface area contributed by atoms with Crippen molar-refractivity contribution in [2.24, 2.45) is 0 Å². The average Bonchev–Trinajstić information content (AvgIpc) is 2.94. The highest BCUT2D eigenvalue weighted by Gasteiger charge is 2.22. The Labute approximate surface area is 127 Å². The monoisotopic (exact) mass is 292 g/mol. The predicted molar refractivity (Wildman–Crippen MR) is 84.1 cm³/mol. The number of likely N-dealkylation sites (tertiary alicyclic amines) is 1. The first-order valence-electron chi connectivity index (χ1n) is 8.17. The fourth-order valence-corrected chi connectivity index (χ4v) is 3.09. The molecule has 1 aliphatic heterocycles. The van der Waals surface area contributed by atoms with E-state index in [1.54, 1.807) is 0 Å². The highest BCUT2D eigenvalue weighted by Crippen LogP contribution is 2.12. The maximum Gasteiger partial charge on any atom is 0.222 e. The van der Waals surface area contributed by atoms with E-state index < -0.39 is 0 Å². The summed E-state index contributed by atoms with van der Waals surface area (Å²) in [5, 5.41) is 3.70. The second-order valence-electron chi connectivity index (χ2n) is 5.93. The number of nitrogens with zero attached hydrogens (tertiary/aromatic N) is 3. The first-order chi connectivity index (χ1) is 10.1. The Balaban J connectivity index is 1.77. The predicted octanol–water partition coefficient (Wildman–Crippen LogP) is 1.82. The van der Waals surface area contributed by atoms with Gasteiger partial charge in [-0.3, -0.25) is 4.79 Å². The van der Waals surface area contributed by atoms with Gasteiger partial charge in [0.2, 0.25) is 5.91 Å². The number of carbonyl (C=O) groups excluding carboxylic acids is 1. The van der Waals surface area contributed by atoms with Crippen molar-refractivity contribution in [2.45, 2.75) is 65.1 Å². The van der Waals surface area contributed by atoms with Crippen molar-refractivity contribution >= 4 is 5.91 Å².